The normalized spacial score (nSPS) is 10.9. The third-order valence-corrected chi connectivity index (χ3v) is 2.02. The third-order valence-electron chi connectivity index (χ3n) is 1.40. The molecule has 0 fully saturated rings. The molecule has 0 atom stereocenters. The first-order valence-corrected chi connectivity index (χ1v) is 5.06. The highest BCUT2D eigenvalue weighted by atomic mass is 79.9. The Bertz CT molecular complexity index is 379. The molecule has 0 saturated heterocycles. The van der Waals surface area contributed by atoms with Gasteiger partial charge in [-0.05, 0) is 24.3 Å². The van der Waals surface area contributed by atoms with E-state index in [0.717, 1.165) is 0 Å². The van der Waals surface area contributed by atoms with Crippen molar-refractivity contribution in [3.05, 3.63) is 29.3 Å². The van der Waals surface area contributed by atoms with Crippen LogP contribution < -0.4 is 15.4 Å². The standard InChI is InChI=1S/C8H8BrClN4O/c9-14-8(15)13-7(11)12-6-3-1-5(10)2-4-6/h1-4H,(H4,11,12,13,14,15). The van der Waals surface area contributed by atoms with E-state index in [4.69, 9.17) is 17.3 Å². The van der Waals surface area contributed by atoms with Crippen LogP contribution in [0.4, 0.5) is 10.5 Å². The van der Waals surface area contributed by atoms with Crippen molar-refractivity contribution in [2.75, 3.05) is 0 Å². The number of amides is 2. The fourth-order valence-corrected chi connectivity index (χ4v) is 1.05. The van der Waals surface area contributed by atoms with Gasteiger partial charge in [0.2, 0.25) is 5.96 Å². The van der Waals surface area contributed by atoms with Crippen molar-refractivity contribution in [3.63, 3.8) is 0 Å². The molecule has 2 amide bonds. The molecule has 0 aliphatic carbocycles. The first-order chi connectivity index (χ1) is 7.11. The van der Waals surface area contributed by atoms with E-state index in [-0.39, 0.29) is 5.96 Å². The van der Waals surface area contributed by atoms with Crippen molar-refractivity contribution in [3.8, 4) is 0 Å². The lowest BCUT2D eigenvalue weighted by Crippen LogP contribution is -2.39. The zero-order valence-corrected chi connectivity index (χ0v) is 9.84. The molecule has 4 N–H and O–H groups in total. The molecule has 1 aromatic rings. The van der Waals surface area contributed by atoms with Crippen LogP contribution in [0.1, 0.15) is 0 Å². The predicted molar refractivity (Wildman–Crippen MR) is 63.3 cm³/mol. The Kier molecular flexibility index (Phi) is 4.38. The summed E-state index contributed by atoms with van der Waals surface area (Å²) in [4.78, 5) is 14.7. The average molecular weight is 292 g/mol. The highest BCUT2D eigenvalue weighted by Crippen LogP contribution is 2.15. The summed E-state index contributed by atoms with van der Waals surface area (Å²) in [5.74, 6) is -0.00530. The number of nitrogens with two attached hydrogens (primary N) is 1. The predicted octanol–water partition coefficient (Wildman–Crippen LogP) is 1.90. The van der Waals surface area contributed by atoms with Gasteiger partial charge in [0.1, 0.15) is 0 Å². The number of carbonyl (C=O) groups is 1. The summed E-state index contributed by atoms with van der Waals surface area (Å²) in [6, 6.07) is 6.23. The molecule has 80 valence electrons. The van der Waals surface area contributed by atoms with Crippen LogP contribution in [0.25, 0.3) is 0 Å². The molecule has 0 aliphatic heterocycles. The van der Waals surface area contributed by atoms with Crippen LogP contribution in [0.3, 0.4) is 0 Å². The fourth-order valence-electron chi connectivity index (χ4n) is 0.823. The lowest BCUT2D eigenvalue weighted by molar-refractivity contribution is 0.251. The molecule has 1 aromatic carbocycles. The minimum Gasteiger partial charge on any atom is -0.369 e. The lowest BCUT2D eigenvalue weighted by Gasteiger charge is -2.01. The van der Waals surface area contributed by atoms with E-state index >= 15 is 0 Å². The van der Waals surface area contributed by atoms with Gasteiger partial charge in [-0.2, -0.15) is 0 Å². The van der Waals surface area contributed by atoms with Gasteiger partial charge in [-0.1, -0.05) is 11.6 Å². The van der Waals surface area contributed by atoms with Crippen molar-refractivity contribution in [2.45, 2.75) is 0 Å². The largest absolute Gasteiger partial charge is 0.369 e. The monoisotopic (exact) mass is 290 g/mol. The van der Waals surface area contributed by atoms with Gasteiger partial charge in [-0.15, -0.1) is 0 Å². The summed E-state index contributed by atoms with van der Waals surface area (Å²) < 4.78 is 2.17. The second-order valence-electron chi connectivity index (χ2n) is 2.52. The van der Waals surface area contributed by atoms with Gasteiger partial charge in [0.25, 0.3) is 0 Å². The van der Waals surface area contributed by atoms with Gasteiger partial charge in [-0.25, -0.2) is 9.79 Å². The van der Waals surface area contributed by atoms with Crippen LogP contribution in [-0.2, 0) is 0 Å². The molecule has 0 spiro atoms. The van der Waals surface area contributed by atoms with E-state index in [2.05, 4.69) is 30.8 Å². The summed E-state index contributed by atoms with van der Waals surface area (Å²) in [5, 5.41) is 2.90. The van der Waals surface area contributed by atoms with Crippen molar-refractivity contribution in [2.24, 2.45) is 10.7 Å². The van der Waals surface area contributed by atoms with Gasteiger partial charge in [-0.3, -0.25) is 9.66 Å². The number of hydrogen-bond acceptors (Lipinski definition) is 2. The maximum absolute atomic E-state index is 10.8. The summed E-state index contributed by atoms with van der Waals surface area (Å²) in [6.45, 7) is 0. The number of halogens is 2. The maximum atomic E-state index is 10.8. The summed E-state index contributed by atoms with van der Waals surface area (Å²) in [7, 11) is 0. The van der Waals surface area contributed by atoms with Crippen molar-refractivity contribution in [1.82, 2.24) is 9.66 Å². The van der Waals surface area contributed by atoms with Crippen LogP contribution in [0.5, 0.6) is 0 Å². The number of hydrogen-bond donors (Lipinski definition) is 3. The number of guanidine groups is 1. The molecule has 0 radical (unpaired) electrons. The quantitative estimate of drug-likeness (QED) is 0.420. The molecule has 5 nitrogen and oxygen atoms in total. The first-order valence-electron chi connectivity index (χ1n) is 3.89. The van der Waals surface area contributed by atoms with Gasteiger partial charge < -0.3 is 5.73 Å². The van der Waals surface area contributed by atoms with E-state index in [1.54, 1.807) is 24.3 Å². The summed E-state index contributed by atoms with van der Waals surface area (Å²) in [6.07, 6.45) is 0. The molecule has 0 aliphatic rings. The molecule has 15 heavy (non-hydrogen) atoms. The highest BCUT2D eigenvalue weighted by molar-refractivity contribution is 9.08. The van der Waals surface area contributed by atoms with Gasteiger partial charge in [0, 0.05) is 5.02 Å². The molecule has 0 unspecified atom stereocenters. The van der Waals surface area contributed by atoms with Crippen LogP contribution in [0.15, 0.2) is 29.3 Å². The third kappa shape index (κ3) is 4.18. The fraction of sp³-hybridized carbons (Fsp3) is 0. The highest BCUT2D eigenvalue weighted by Gasteiger charge is 1.99. The SMILES string of the molecule is NC(=Nc1ccc(Cl)cc1)NC(=O)NBr. The Morgan fingerprint density at radius 2 is 2.00 bits per heavy atom. The van der Waals surface area contributed by atoms with Gasteiger partial charge in [0.05, 0.1) is 21.8 Å². The zero-order valence-electron chi connectivity index (χ0n) is 7.50. The van der Waals surface area contributed by atoms with E-state index in [9.17, 15) is 4.79 Å². The zero-order chi connectivity index (χ0) is 11.3. The average Bonchev–Trinajstić information content (AvgIpc) is 2.21. The number of aliphatic imine (C=N–C) groups is 1. The topological polar surface area (TPSA) is 79.5 Å². The van der Waals surface area contributed by atoms with Crippen LogP contribution in [-0.4, -0.2) is 12.0 Å². The number of rotatable bonds is 1. The second-order valence-corrected chi connectivity index (χ2v) is 3.36. The van der Waals surface area contributed by atoms with E-state index in [1.165, 1.54) is 0 Å². The van der Waals surface area contributed by atoms with Gasteiger partial charge >= 0.3 is 6.03 Å². The molecule has 0 heterocycles. The van der Waals surface area contributed by atoms with Crippen molar-refractivity contribution in [1.29, 1.82) is 0 Å². The van der Waals surface area contributed by atoms with Crippen molar-refractivity contribution >= 4 is 45.4 Å². The number of urea groups is 1. The number of nitrogens with one attached hydrogen (secondary N) is 2. The molecule has 1 rings (SSSR count). The Labute approximate surface area is 100 Å². The van der Waals surface area contributed by atoms with Crippen molar-refractivity contribution < 1.29 is 4.79 Å². The maximum Gasteiger partial charge on any atom is 0.331 e. The molecular formula is C8H8BrClN4O. The molecule has 0 bridgehead atoms. The number of benzene rings is 1. The lowest BCUT2D eigenvalue weighted by atomic mass is 10.3. The number of nitrogens with zero attached hydrogens (tertiary/aromatic N) is 1. The smallest absolute Gasteiger partial charge is 0.331 e. The minimum absolute atomic E-state index is 0.00530. The van der Waals surface area contributed by atoms with Crippen LogP contribution in [0.2, 0.25) is 5.02 Å². The Hall–Kier alpha value is -1.27. The Balaban J connectivity index is 2.70. The summed E-state index contributed by atoms with van der Waals surface area (Å²) >= 11 is 8.44. The van der Waals surface area contributed by atoms with Crippen LogP contribution in [0, 0.1) is 0 Å². The van der Waals surface area contributed by atoms with E-state index in [0.29, 0.717) is 10.7 Å². The Morgan fingerprint density at radius 1 is 1.40 bits per heavy atom. The van der Waals surface area contributed by atoms with Gasteiger partial charge in [0.15, 0.2) is 0 Å². The number of carbonyl (C=O) groups excluding carboxylic acids is 1. The van der Waals surface area contributed by atoms with Crippen LogP contribution >= 0.6 is 27.7 Å². The second kappa shape index (κ2) is 5.57. The van der Waals surface area contributed by atoms with E-state index in [1.807, 2.05) is 0 Å². The first kappa shape index (κ1) is 11.8. The van der Waals surface area contributed by atoms with E-state index < -0.39 is 6.03 Å². The molecule has 0 saturated carbocycles. The summed E-state index contributed by atoms with van der Waals surface area (Å²) in [5.41, 5.74) is 6.05. The minimum atomic E-state index is -0.495. The molecule has 0 aromatic heterocycles. The Morgan fingerprint density at radius 3 is 2.53 bits per heavy atom. The molecular weight excluding hydrogens is 283 g/mol. The molecule has 7 heteroatoms.